The minimum absolute atomic E-state index is 0.00250. The van der Waals surface area contributed by atoms with Crippen LogP contribution in [0, 0.1) is 6.92 Å². The van der Waals surface area contributed by atoms with Crippen molar-refractivity contribution in [1.82, 2.24) is 19.9 Å². The zero-order chi connectivity index (χ0) is 18.1. The molecule has 7 nitrogen and oxygen atoms in total. The Hall–Kier alpha value is -1.99. The molecule has 136 valence electrons. The van der Waals surface area contributed by atoms with E-state index in [9.17, 15) is 9.90 Å². The third-order valence-electron chi connectivity index (χ3n) is 4.56. The molecule has 3 heterocycles. The molecule has 25 heavy (non-hydrogen) atoms. The highest BCUT2D eigenvalue weighted by Crippen LogP contribution is 2.28. The van der Waals surface area contributed by atoms with Gasteiger partial charge in [0.15, 0.2) is 0 Å². The van der Waals surface area contributed by atoms with E-state index in [1.807, 2.05) is 31.7 Å². The fourth-order valence-corrected chi connectivity index (χ4v) is 3.34. The molecular formula is C18H26N4O3. The van der Waals surface area contributed by atoms with Gasteiger partial charge >= 0.3 is 0 Å². The standard InChI is InChI=1S/C18H26N4O3/c1-11(2)16-15-14(9-12(3)19-17(15)25-20-16)18(24)22-7-5-21(6-8-22)10-13(4)23/h9,11,13,23H,5-8,10H2,1-4H3. The smallest absolute Gasteiger partial charge is 0.259 e. The monoisotopic (exact) mass is 346 g/mol. The minimum atomic E-state index is -0.352. The number of carbonyl (C=O) groups is 1. The predicted molar refractivity (Wildman–Crippen MR) is 94.7 cm³/mol. The molecule has 3 rings (SSSR count). The Morgan fingerprint density at radius 1 is 1.28 bits per heavy atom. The van der Waals surface area contributed by atoms with E-state index in [2.05, 4.69) is 15.0 Å². The molecule has 0 spiro atoms. The zero-order valence-electron chi connectivity index (χ0n) is 15.3. The summed E-state index contributed by atoms with van der Waals surface area (Å²) in [6.45, 7) is 11.2. The molecule has 0 aliphatic carbocycles. The van der Waals surface area contributed by atoms with Crippen LogP contribution in [0.3, 0.4) is 0 Å². The Balaban J connectivity index is 1.86. The van der Waals surface area contributed by atoms with Crippen molar-refractivity contribution in [3.05, 3.63) is 23.0 Å². The Kier molecular flexibility index (Phi) is 5.06. The van der Waals surface area contributed by atoms with E-state index in [1.165, 1.54) is 0 Å². The van der Waals surface area contributed by atoms with Gasteiger partial charge in [-0.25, -0.2) is 4.98 Å². The number of fused-ring (bicyclic) bond motifs is 1. The first-order valence-electron chi connectivity index (χ1n) is 8.83. The Morgan fingerprint density at radius 2 is 1.96 bits per heavy atom. The van der Waals surface area contributed by atoms with Crippen LogP contribution in [-0.2, 0) is 0 Å². The zero-order valence-corrected chi connectivity index (χ0v) is 15.3. The first-order chi connectivity index (χ1) is 11.9. The molecule has 7 heteroatoms. The Morgan fingerprint density at radius 3 is 2.56 bits per heavy atom. The summed E-state index contributed by atoms with van der Waals surface area (Å²) in [4.78, 5) is 21.6. The van der Waals surface area contributed by atoms with Gasteiger partial charge in [0.25, 0.3) is 11.6 Å². The second kappa shape index (κ2) is 7.09. The van der Waals surface area contributed by atoms with Crippen LogP contribution in [0.15, 0.2) is 10.6 Å². The molecule has 2 aromatic heterocycles. The lowest BCUT2D eigenvalue weighted by atomic mass is 10.0. The van der Waals surface area contributed by atoms with Crippen molar-refractivity contribution in [2.24, 2.45) is 0 Å². The second-order valence-electron chi connectivity index (χ2n) is 7.16. The van der Waals surface area contributed by atoms with Gasteiger partial charge in [-0.05, 0) is 25.8 Å². The molecular weight excluding hydrogens is 320 g/mol. The van der Waals surface area contributed by atoms with Gasteiger partial charge < -0.3 is 14.5 Å². The van der Waals surface area contributed by atoms with Crippen LogP contribution in [0.2, 0.25) is 0 Å². The highest BCUT2D eigenvalue weighted by molar-refractivity contribution is 6.06. The van der Waals surface area contributed by atoms with Crippen LogP contribution in [0.4, 0.5) is 0 Å². The van der Waals surface area contributed by atoms with Crippen molar-refractivity contribution in [2.45, 2.75) is 39.7 Å². The number of carbonyl (C=O) groups excluding carboxylic acids is 1. The lowest BCUT2D eigenvalue weighted by Crippen LogP contribution is -2.50. The van der Waals surface area contributed by atoms with E-state index in [1.54, 1.807) is 6.92 Å². The lowest BCUT2D eigenvalue weighted by molar-refractivity contribution is 0.0555. The maximum atomic E-state index is 13.1. The molecule has 1 unspecified atom stereocenters. The van der Waals surface area contributed by atoms with Gasteiger partial charge in [0.2, 0.25) is 0 Å². The Bertz CT molecular complexity index is 761. The van der Waals surface area contributed by atoms with E-state index >= 15 is 0 Å². The minimum Gasteiger partial charge on any atom is -0.392 e. The molecule has 0 radical (unpaired) electrons. The van der Waals surface area contributed by atoms with Crippen LogP contribution in [-0.4, -0.2) is 69.8 Å². The molecule has 1 aliphatic rings. The number of aryl methyl sites for hydroxylation is 1. The fourth-order valence-electron chi connectivity index (χ4n) is 3.34. The number of nitrogens with zero attached hydrogens (tertiary/aromatic N) is 4. The fraction of sp³-hybridized carbons (Fsp3) is 0.611. The molecule has 1 fully saturated rings. The summed E-state index contributed by atoms with van der Waals surface area (Å²) in [5.41, 5.74) is 2.57. The maximum Gasteiger partial charge on any atom is 0.259 e. The number of amides is 1. The van der Waals surface area contributed by atoms with Gasteiger partial charge in [0.05, 0.1) is 22.7 Å². The van der Waals surface area contributed by atoms with Crippen LogP contribution in [0.25, 0.3) is 11.1 Å². The number of piperazine rings is 1. The number of hydrogen-bond acceptors (Lipinski definition) is 6. The van der Waals surface area contributed by atoms with Gasteiger partial charge in [-0.1, -0.05) is 19.0 Å². The van der Waals surface area contributed by atoms with Crippen LogP contribution in [0.1, 0.15) is 48.4 Å². The summed E-state index contributed by atoms with van der Waals surface area (Å²) in [5.74, 6) is 0.150. The van der Waals surface area contributed by atoms with Crippen LogP contribution in [0.5, 0.6) is 0 Å². The van der Waals surface area contributed by atoms with E-state index < -0.39 is 0 Å². The molecule has 1 saturated heterocycles. The SMILES string of the molecule is Cc1cc(C(=O)N2CCN(CC(C)O)CC2)c2c(C(C)C)noc2n1. The largest absolute Gasteiger partial charge is 0.392 e. The molecule has 0 saturated carbocycles. The number of rotatable bonds is 4. The van der Waals surface area contributed by atoms with Crippen molar-refractivity contribution >= 4 is 17.0 Å². The Labute approximate surface area is 147 Å². The van der Waals surface area contributed by atoms with Crippen molar-refractivity contribution < 1.29 is 14.4 Å². The first-order valence-corrected chi connectivity index (χ1v) is 8.83. The van der Waals surface area contributed by atoms with Crippen LogP contribution < -0.4 is 0 Å². The first kappa shape index (κ1) is 17.8. The maximum absolute atomic E-state index is 13.1. The van der Waals surface area contributed by atoms with Gasteiger partial charge in [-0.2, -0.15) is 0 Å². The van der Waals surface area contributed by atoms with Gasteiger partial charge in [-0.15, -0.1) is 0 Å². The number of aliphatic hydroxyl groups is 1. The summed E-state index contributed by atoms with van der Waals surface area (Å²) in [7, 11) is 0. The number of pyridine rings is 1. The number of aliphatic hydroxyl groups excluding tert-OH is 1. The average Bonchev–Trinajstić information content (AvgIpc) is 2.97. The van der Waals surface area contributed by atoms with Crippen molar-refractivity contribution in [2.75, 3.05) is 32.7 Å². The quantitative estimate of drug-likeness (QED) is 0.909. The summed E-state index contributed by atoms with van der Waals surface area (Å²) < 4.78 is 5.36. The molecule has 0 aromatic carbocycles. The van der Waals surface area contributed by atoms with Gasteiger partial charge in [-0.3, -0.25) is 9.69 Å². The number of β-amino-alcohol motifs (C(OH)–C–C–N with tert-alkyl or cyclic N) is 1. The van der Waals surface area contributed by atoms with E-state index in [0.29, 0.717) is 30.9 Å². The topological polar surface area (TPSA) is 82.7 Å². The van der Waals surface area contributed by atoms with Crippen molar-refractivity contribution in [3.8, 4) is 0 Å². The van der Waals surface area contributed by atoms with Crippen molar-refractivity contribution in [3.63, 3.8) is 0 Å². The normalized spacial score (nSPS) is 17.4. The van der Waals surface area contributed by atoms with E-state index in [0.717, 1.165) is 29.9 Å². The molecule has 1 atom stereocenters. The molecule has 1 aliphatic heterocycles. The molecule has 1 N–H and O–H groups in total. The molecule has 0 bridgehead atoms. The summed E-state index contributed by atoms with van der Waals surface area (Å²) >= 11 is 0. The predicted octanol–water partition coefficient (Wildman–Crippen LogP) is 1.79. The second-order valence-corrected chi connectivity index (χ2v) is 7.16. The molecule has 1 amide bonds. The summed E-state index contributed by atoms with van der Waals surface area (Å²) in [6, 6.07) is 1.83. The summed E-state index contributed by atoms with van der Waals surface area (Å²) in [5, 5.41) is 14.4. The molecule has 2 aromatic rings. The lowest BCUT2D eigenvalue weighted by Gasteiger charge is -2.35. The number of hydrogen-bond donors (Lipinski definition) is 1. The van der Waals surface area contributed by atoms with Gasteiger partial charge in [0.1, 0.15) is 0 Å². The highest BCUT2D eigenvalue weighted by Gasteiger charge is 2.27. The third kappa shape index (κ3) is 3.67. The number of aromatic nitrogens is 2. The van der Waals surface area contributed by atoms with Crippen LogP contribution >= 0.6 is 0 Å². The highest BCUT2D eigenvalue weighted by atomic mass is 16.5. The third-order valence-corrected chi connectivity index (χ3v) is 4.56. The van der Waals surface area contributed by atoms with E-state index in [-0.39, 0.29) is 17.9 Å². The van der Waals surface area contributed by atoms with Crippen molar-refractivity contribution in [1.29, 1.82) is 0 Å². The van der Waals surface area contributed by atoms with E-state index in [4.69, 9.17) is 4.52 Å². The average molecular weight is 346 g/mol. The summed E-state index contributed by atoms with van der Waals surface area (Å²) in [6.07, 6.45) is -0.352. The van der Waals surface area contributed by atoms with Gasteiger partial charge in [0, 0.05) is 38.4 Å².